The lowest BCUT2D eigenvalue weighted by molar-refractivity contribution is 0.102. The summed E-state index contributed by atoms with van der Waals surface area (Å²) in [5.41, 5.74) is 1.78. The fourth-order valence-electron chi connectivity index (χ4n) is 2.54. The maximum absolute atomic E-state index is 12.6. The minimum Gasteiger partial charge on any atom is -0.322 e. The van der Waals surface area contributed by atoms with Gasteiger partial charge in [-0.25, -0.2) is 13.1 Å². The molecule has 3 rings (SSSR count). The third kappa shape index (κ3) is 5.22. The van der Waals surface area contributed by atoms with Gasteiger partial charge in [0, 0.05) is 22.7 Å². The number of sulfonamides is 1. The number of anilines is 1. The van der Waals surface area contributed by atoms with Crippen molar-refractivity contribution < 1.29 is 13.2 Å². The van der Waals surface area contributed by atoms with Crippen LogP contribution in [0.1, 0.15) is 15.9 Å². The Hall–Kier alpha value is -2.61. The van der Waals surface area contributed by atoms with Crippen LogP contribution in [0.3, 0.4) is 0 Å². The second kappa shape index (κ2) is 9.05. The molecule has 0 aliphatic carbocycles. The third-order valence-corrected chi connectivity index (χ3v) is 6.21. The summed E-state index contributed by atoms with van der Waals surface area (Å²) in [5, 5.41) is 2.78. The zero-order chi connectivity index (χ0) is 20.0. The molecule has 0 saturated heterocycles. The Kier molecular flexibility index (Phi) is 6.51. The topological polar surface area (TPSA) is 75.3 Å². The Morgan fingerprint density at radius 2 is 1.64 bits per heavy atom. The van der Waals surface area contributed by atoms with E-state index < -0.39 is 10.0 Å². The van der Waals surface area contributed by atoms with E-state index >= 15 is 0 Å². The van der Waals surface area contributed by atoms with Crippen molar-refractivity contribution in [2.45, 2.75) is 16.3 Å². The Labute approximate surface area is 169 Å². The highest BCUT2D eigenvalue weighted by atomic mass is 32.2. The van der Waals surface area contributed by atoms with Crippen LogP contribution in [-0.2, 0) is 16.6 Å². The number of hydrogen-bond acceptors (Lipinski definition) is 4. The molecule has 28 heavy (non-hydrogen) atoms. The first kappa shape index (κ1) is 20.1. The number of hydrogen-bond donors (Lipinski definition) is 2. The normalized spacial score (nSPS) is 11.2. The lowest BCUT2D eigenvalue weighted by Gasteiger charge is -2.09. The summed E-state index contributed by atoms with van der Waals surface area (Å²) in [5.74, 6) is -0.364. The fraction of sp³-hybridized carbons (Fsp3) is 0.0952. The highest BCUT2D eigenvalue weighted by molar-refractivity contribution is 7.98. The van der Waals surface area contributed by atoms with Crippen molar-refractivity contribution >= 4 is 33.4 Å². The third-order valence-electron chi connectivity index (χ3n) is 4.06. The Balaban J connectivity index is 1.72. The minimum absolute atomic E-state index is 0.0498. The first-order valence-corrected chi connectivity index (χ1v) is 11.3. The van der Waals surface area contributed by atoms with E-state index in [0.29, 0.717) is 5.69 Å². The largest absolute Gasteiger partial charge is 0.322 e. The predicted molar refractivity (Wildman–Crippen MR) is 113 cm³/mol. The van der Waals surface area contributed by atoms with Crippen LogP contribution < -0.4 is 10.0 Å². The molecule has 0 atom stereocenters. The molecule has 0 fully saturated rings. The molecule has 0 aliphatic heterocycles. The van der Waals surface area contributed by atoms with Crippen LogP contribution in [0.4, 0.5) is 5.69 Å². The van der Waals surface area contributed by atoms with Gasteiger partial charge >= 0.3 is 0 Å². The smallest absolute Gasteiger partial charge is 0.255 e. The molecule has 0 heterocycles. The van der Waals surface area contributed by atoms with Gasteiger partial charge in [-0.2, -0.15) is 0 Å². The molecule has 0 radical (unpaired) electrons. The molecular formula is C21H20N2O3S2. The average Bonchev–Trinajstić information content (AvgIpc) is 2.74. The molecule has 5 nitrogen and oxygen atoms in total. The monoisotopic (exact) mass is 412 g/mol. The zero-order valence-corrected chi connectivity index (χ0v) is 16.9. The van der Waals surface area contributed by atoms with E-state index in [2.05, 4.69) is 10.0 Å². The lowest BCUT2D eigenvalue weighted by atomic mass is 10.2. The van der Waals surface area contributed by atoms with Gasteiger partial charge in [0.2, 0.25) is 10.0 Å². The summed E-state index contributed by atoms with van der Waals surface area (Å²) in [6, 6.07) is 22.7. The molecule has 3 aromatic rings. The summed E-state index contributed by atoms with van der Waals surface area (Å²) in [4.78, 5) is 13.6. The number of thioether (sulfide) groups is 1. The van der Waals surface area contributed by atoms with Crippen molar-refractivity contribution in [2.24, 2.45) is 0 Å². The van der Waals surface area contributed by atoms with E-state index in [-0.39, 0.29) is 22.9 Å². The van der Waals surface area contributed by atoms with Gasteiger partial charge in [0.1, 0.15) is 0 Å². The van der Waals surface area contributed by atoms with Crippen LogP contribution >= 0.6 is 11.8 Å². The Morgan fingerprint density at radius 1 is 0.929 bits per heavy atom. The van der Waals surface area contributed by atoms with Crippen LogP contribution in [0.2, 0.25) is 0 Å². The fourth-order valence-corrected chi connectivity index (χ4v) is 4.01. The number of amides is 1. The standard InChI is InChI=1S/C21H20N2O3S2/c1-27-19-12-10-18(11-13-19)23-21(24)17-8-5-9-20(14-17)28(25,26)22-15-16-6-3-2-4-7-16/h2-14,22H,15H2,1H3,(H,23,24). The maximum atomic E-state index is 12.6. The summed E-state index contributed by atoms with van der Waals surface area (Å²) >= 11 is 1.61. The second-order valence-corrected chi connectivity index (χ2v) is 8.67. The van der Waals surface area contributed by atoms with Gasteiger partial charge in [0.25, 0.3) is 5.91 Å². The summed E-state index contributed by atoms with van der Waals surface area (Å²) in [6.07, 6.45) is 1.98. The highest BCUT2D eigenvalue weighted by Gasteiger charge is 2.16. The van der Waals surface area contributed by atoms with Crippen LogP contribution in [-0.4, -0.2) is 20.6 Å². The Morgan fingerprint density at radius 3 is 2.32 bits per heavy atom. The number of carbonyl (C=O) groups is 1. The highest BCUT2D eigenvalue weighted by Crippen LogP contribution is 2.19. The van der Waals surface area contributed by atoms with Crippen molar-refractivity contribution in [3.63, 3.8) is 0 Å². The summed E-state index contributed by atoms with van der Waals surface area (Å²) in [6.45, 7) is 0.182. The van der Waals surface area contributed by atoms with Crippen LogP contribution in [0.15, 0.2) is 88.7 Å². The zero-order valence-electron chi connectivity index (χ0n) is 15.3. The number of rotatable bonds is 7. The molecule has 2 N–H and O–H groups in total. The van der Waals surface area contributed by atoms with Gasteiger partial charge < -0.3 is 5.32 Å². The molecule has 0 saturated carbocycles. The predicted octanol–water partition coefficient (Wildman–Crippen LogP) is 4.14. The van der Waals surface area contributed by atoms with Crippen molar-refractivity contribution in [3.05, 3.63) is 90.0 Å². The molecule has 3 aromatic carbocycles. The van der Waals surface area contributed by atoms with E-state index in [1.165, 1.54) is 12.1 Å². The minimum atomic E-state index is -3.73. The van der Waals surface area contributed by atoms with E-state index in [0.717, 1.165) is 10.5 Å². The molecule has 7 heteroatoms. The van der Waals surface area contributed by atoms with Gasteiger partial charge in [-0.05, 0) is 54.3 Å². The second-order valence-electron chi connectivity index (χ2n) is 6.02. The van der Waals surface area contributed by atoms with Gasteiger partial charge in [-0.3, -0.25) is 4.79 Å². The van der Waals surface area contributed by atoms with Gasteiger partial charge in [-0.15, -0.1) is 11.8 Å². The molecule has 0 aliphatic rings. The van der Waals surface area contributed by atoms with Gasteiger partial charge in [-0.1, -0.05) is 36.4 Å². The molecule has 1 amide bonds. The molecule has 0 aromatic heterocycles. The first-order chi connectivity index (χ1) is 13.5. The maximum Gasteiger partial charge on any atom is 0.255 e. The van der Waals surface area contributed by atoms with Crippen LogP contribution in [0, 0.1) is 0 Å². The quantitative estimate of drug-likeness (QED) is 0.572. The average molecular weight is 413 g/mol. The number of nitrogens with one attached hydrogen (secondary N) is 2. The van der Waals surface area contributed by atoms with E-state index in [9.17, 15) is 13.2 Å². The number of benzene rings is 3. The van der Waals surface area contributed by atoms with Crippen molar-refractivity contribution in [1.29, 1.82) is 0 Å². The van der Waals surface area contributed by atoms with E-state index in [4.69, 9.17) is 0 Å². The van der Waals surface area contributed by atoms with E-state index in [1.807, 2.05) is 60.9 Å². The molecule has 0 unspecified atom stereocenters. The van der Waals surface area contributed by atoms with Crippen LogP contribution in [0.5, 0.6) is 0 Å². The van der Waals surface area contributed by atoms with Crippen molar-refractivity contribution in [1.82, 2.24) is 4.72 Å². The van der Waals surface area contributed by atoms with Crippen molar-refractivity contribution in [3.8, 4) is 0 Å². The SMILES string of the molecule is CSc1ccc(NC(=O)c2cccc(S(=O)(=O)NCc3ccccc3)c2)cc1. The molecule has 144 valence electrons. The lowest BCUT2D eigenvalue weighted by Crippen LogP contribution is -2.23. The van der Waals surface area contributed by atoms with Gasteiger partial charge in [0.15, 0.2) is 0 Å². The van der Waals surface area contributed by atoms with E-state index in [1.54, 1.807) is 23.9 Å². The molecular weight excluding hydrogens is 392 g/mol. The Bertz CT molecular complexity index is 1050. The van der Waals surface area contributed by atoms with Gasteiger partial charge in [0.05, 0.1) is 4.90 Å². The first-order valence-electron chi connectivity index (χ1n) is 8.57. The molecule has 0 bridgehead atoms. The summed E-state index contributed by atoms with van der Waals surface area (Å²) < 4.78 is 27.7. The summed E-state index contributed by atoms with van der Waals surface area (Å²) in [7, 11) is -3.73. The van der Waals surface area contributed by atoms with Crippen LogP contribution in [0.25, 0.3) is 0 Å². The van der Waals surface area contributed by atoms with Crippen molar-refractivity contribution in [2.75, 3.05) is 11.6 Å². The molecule has 0 spiro atoms. The number of carbonyl (C=O) groups excluding carboxylic acids is 1.